The summed E-state index contributed by atoms with van der Waals surface area (Å²) in [6.45, 7) is 4.33. The van der Waals surface area contributed by atoms with E-state index >= 15 is 0 Å². The van der Waals surface area contributed by atoms with Gasteiger partial charge in [0.05, 0.1) is 5.41 Å². The van der Waals surface area contributed by atoms with E-state index in [0.29, 0.717) is 37.4 Å². The van der Waals surface area contributed by atoms with Crippen molar-refractivity contribution in [1.29, 1.82) is 0 Å². The van der Waals surface area contributed by atoms with Gasteiger partial charge in [-0.15, -0.1) is 0 Å². The molecule has 0 radical (unpaired) electrons. The zero-order valence-corrected chi connectivity index (χ0v) is 15.1. The Hall–Kier alpha value is -2.57. The summed E-state index contributed by atoms with van der Waals surface area (Å²) < 4.78 is 5.27. The molecule has 26 heavy (non-hydrogen) atoms. The van der Waals surface area contributed by atoms with Gasteiger partial charge < -0.3 is 20.3 Å². The third-order valence-electron chi connectivity index (χ3n) is 5.31. The monoisotopic (exact) mass is 359 g/mol. The molecule has 2 saturated heterocycles. The number of rotatable bonds is 5. The van der Waals surface area contributed by atoms with E-state index < -0.39 is 11.3 Å². The number of piperidine rings is 1. The standard InChI is InChI=1S/C19H25N3O4/c1-2-21-9-4-7-19(18(21)25)8-10-22(13-19)17(24)14-5-3-6-15(11-14)26-12-16(20)23/h3,5-6,11H,2,4,7-10,12-13H2,1H3,(H2,20,23)/t19-/m1/s1. The maximum absolute atomic E-state index is 12.9. The Balaban J connectivity index is 1.71. The largest absolute Gasteiger partial charge is 0.484 e. The van der Waals surface area contributed by atoms with Gasteiger partial charge in [-0.25, -0.2) is 0 Å². The molecular weight excluding hydrogens is 334 g/mol. The van der Waals surface area contributed by atoms with E-state index in [0.717, 1.165) is 19.4 Å². The van der Waals surface area contributed by atoms with Crippen molar-refractivity contribution < 1.29 is 19.1 Å². The Labute approximate surface area is 153 Å². The quantitative estimate of drug-likeness (QED) is 0.850. The van der Waals surface area contributed by atoms with Crippen molar-refractivity contribution in [3.05, 3.63) is 29.8 Å². The maximum atomic E-state index is 12.9. The smallest absolute Gasteiger partial charge is 0.255 e. The summed E-state index contributed by atoms with van der Waals surface area (Å²) in [6.07, 6.45) is 2.54. The van der Waals surface area contributed by atoms with E-state index in [-0.39, 0.29) is 18.4 Å². The topological polar surface area (TPSA) is 92.9 Å². The predicted molar refractivity (Wildman–Crippen MR) is 95.6 cm³/mol. The molecule has 3 amide bonds. The zero-order chi connectivity index (χ0) is 18.7. The fraction of sp³-hybridized carbons (Fsp3) is 0.526. The summed E-state index contributed by atoms with van der Waals surface area (Å²) in [7, 11) is 0. The molecule has 7 heteroatoms. The first-order valence-corrected chi connectivity index (χ1v) is 9.05. The van der Waals surface area contributed by atoms with Crippen LogP contribution in [0.3, 0.4) is 0 Å². The fourth-order valence-electron chi connectivity index (χ4n) is 3.93. The Morgan fingerprint density at radius 1 is 1.27 bits per heavy atom. The van der Waals surface area contributed by atoms with Crippen molar-refractivity contribution in [2.45, 2.75) is 26.2 Å². The van der Waals surface area contributed by atoms with Crippen LogP contribution in [0.15, 0.2) is 24.3 Å². The van der Waals surface area contributed by atoms with Gasteiger partial charge in [0, 0.05) is 31.7 Å². The fourth-order valence-corrected chi connectivity index (χ4v) is 3.93. The van der Waals surface area contributed by atoms with E-state index in [1.54, 1.807) is 29.2 Å². The van der Waals surface area contributed by atoms with E-state index in [2.05, 4.69) is 0 Å². The number of nitrogens with zero attached hydrogens (tertiary/aromatic N) is 2. The number of likely N-dealkylation sites (tertiary alicyclic amines) is 2. The minimum Gasteiger partial charge on any atom is -0.484 e. The molecule has 3 rings (SSSR count). The lowest BCUT2D eigenvalue weighted by atomic mass is 9.78. The molecule has 2 heterocycles. The molecule has 2 fully saturated rings. The van der Waals surface area contributed by atoms with Crippen molar-refractivity contribution in [2.24, 2.45) is 11.1 Å². The summed E-state index contributed by atoms with van der Waals surface area (Å²) in [5, 5.41) is 0. The molecule has 0 unspecified atom stereocenters. The SMILES string of the molecule is CCN1CCC[C@]2(CCN(C(=O)c3cccc(OCC(N)=O)c3)C2)C1=O. The van der Waals surface area contributed by atoms with E-state index in [1.807, 2.05) is 11.8 Å². The van der Waals surface area contributed by atoms with E-state index in [1.165, 1.54) is 0 Å². The highest BCUT2D eigenvalue weighted by Gasteiger charge is 2.49. The van der Waals surface area contributed by atoms with Crippen molar-refractivity contribution in [3.63, 3.8) is 0 Å². The molecule has 1 atom stereocenters. The molecule has 1 aromatic carbocycles. The number of primary amides is 1. The van der Waals surface area contributed by atoms with Crippen LogP contribution in [0.5, 0.6) is 5.75 Å². The van der Waals surface area contributed by atoms with Gasteiger partial charge in [0.2, 0.25) is 5.91 Å². The first-order valence-electron chi connectivity index (χ1n) is 9.05. The van der Waals surface area contributed by atoms with Crippen LogP contribution in [0.4, 0.5) is 0 Å². The maximum Gasteiger partial charge on any atom is 0.255 e. The highest BCUT2D eigenvalue weighted by Crippen LogP contribution is 2.40. The molecule has 0 aliphatic carbocycles. The number of amides is 3. The highest BCUT2D eigenvalue weighted by atomic mass is 16.5. The summed E-state index contributed by atoms with van der Waals surface area (Å²) in [6, 6.07) is 6.71. The van der Waals surface area contributed by atoms with Crippen LogP contribution in [0.1, 0.15) is 36.5 Å². The summed E-state index contributed by atoms with van der Waals surface area (Å²) in [5.41, 5.74) is 5.14. The number of ether oxygens (including phenoxy) is 1. The number of carbonyl (C=O) groups excluding carboxylic acids is 3. The van der Waals surface area contributed by atoms with Gasteiger partial charge in [-0.05, 0) is 44.4 Å². The summed E-state index contributed by atoms with van der Waals surface area (Å²) in [4.78, 5) is 40.2. The van der Waals surface area contributed by atoms with Gasteiger partial charge in [-0.2, -0.15) is 0 Å². The average Bonchev–Trinajstić information content (AvgIpc) is 3.07. The summed E-state index contributed by atoms with van der Waals surface area (Å²) >= 11 is 0. The van der Waals surface area contributed by atoms with Crippen molar-refractivity contribution in [1.82, 2.24) is 9.80 Å². The molecule has 1 spiro atoms. The number of nitrogens with two attached hydrogens (primary N) is 1. The van der Waals surface area contributed by atoms with Gasteiger partial charge in [0.25, 0.3) is 11.8 Å². The molecule has 0 aromatic heterocycles. The van der Waals surface area contributed by atoms with Crippen LogP contribution in [0.25, 0.3) is 0 Å². The molecule has 140 valence electrons. The normalized spacial score (nSPS) is 22.7. The second kappa shape index (κ2) is 7.35. The molecule has 2 aliphatic rings. The van der Waals surface area contributed by atoms with Crippen molar-refractivity contribution in [3.8, 4) is 5.75 Å². The molecule has 1 aromatic rings. The second-order valence-corrected chi connectivity index (χ2v) is 7.03. The van der Waals surface area contributed by atoms with Gasteiger partial charge >= 0.3 is 0 Å². The van der Waals surface area contributed by atoms with Crippen LogP contribution in [-0.4, -0.2) is 60.3 Å². The third-order valence-corrected chi connectivity index (χ3v) is 5.31. The zero-order valence-electron chi connectivity index (χ0n) is 15.1. The third kappa shape index (κ3) is 3.52. The molecule has 2 N–H and O–H groups in total. The molecule has 0 saturated carbocycles. The lowest BCUT2D eigenvalue weighted by molar-refractivity contribution is -0.145. The Morgan fingerprint density at radius 3 is 2.81 bits per heavy atom. The Bertz CT molecular complexity index is 720. The van der Waals surface area contributed by atoms with Gasteiger partial charge in [0.1, 0.15) is 5.75 Å². The highest BCUT2D eigenvalue weighted by molar-refractivity contribution is 5.96. The van der Waals surface area contributed by atoms with E-state index in [9.17, 15) is 14.4 Å². The van der Waals surface area contributed by atoms with Crippen LogP contribution in [-0.2, 0) is 9.59 Å². The van der Waals surface area contributed by atoms with Crippen molar-refractivity contribution in [2.75, 3.05) is 32.8 Å². The van der Waals surface area contributed by atoms with Gasteiger partial charge in [-0.3, -0.25) is 14.4 Å². The molecule has 0 bridgehead atoms. The minimum atomic E-state index is -0.570. The van der Waals surface area contributed by atoms with Gasteiger partial charge in [0.15, 0.2) is 6.61 Å². The first-order chi connectivity index (χ1) is 12.4. The Morgan fingerprint density at radius 2 is 2.08 bits per heavy atom. The number of hydrogen-bond donors (Lipinski definition) is 1. The Kier molecular flexibility index (Phi) is 5.15. The molecular formula is C19H25N3O4. The number of carbonyl (C=O) groups is 3. The average molecular weight is 359 g/mol. The second-order valence-electron chi connectivity index (χ2n) is 7.03. The van der Waals surface area contributed by atoms with Gasteiger partial charge in [-0.1, -0.05) is 6.07 Å². The lowest BCUT2D eigenvalue weighted by Gasteiger charge is -2.38. The van der Waals surface area contributed by atoms with E-state index in [4.69, 9.17) is 10.5 Å². The number of benzene rings is 1. The number of hydrogen-bond acceptors (Lipinski definition) is 4. The van der Waals surface area contributed by atoms with Crippen molar-refractivity contribution >= 4 is 17.7 Å². The van der Waals surface area contributed by atoms with Crippen LogP contribution in [0, 0.1) is 5.41 Å². The predicted octanol–water partition coefficient (Wildman–Crippen LogP) is 1.03. The van der Waals surface area contributed by atoms with Crippen LogP contribution < -0.4 is 10.5 Å². The van der Waals surface area contributed by atoms with Crippen LogP contribution in [0.2, 0.25) is 0 Å². The summed E-state index contributed by atoms with van der Waals surface area (Å²) in [5.74, 6) is -0.0816. The molecule has 2 aliphatic heterocycles. The molecule has 7 nitrogen and oxygen atoms in total. The lowest BCUT2D eigenvalue weighted by Crippen LogP contribution is -2.50. The first kappa shape index (κ1) is 18.2. The minimum absolute atomic E-state index is 0.118. The van der Waals surface area contributed by atoms with Crippen LogP contribution >= 0.6 is 0 Å².